The van der Waals surface area contributed by atoms with Gasteiger partial charge in [-0.1, -0.05) is 311 Å². The van der Waals surface area contributed by atoms with Crippen LogP contribution in [0.15, 0.2) is 0 Å². The van der Waals surface area contributed by atoms with Gasteiger partial charge in [0.1, 0.15) is 13.2 Å². The second-order valence-electron chi connectivity index (χ2n) is 22.1. The maximum atomic E-state index is 12.9. The highest BCUT2D eigenvalue weighted by Gasteiger charge is 2.19. The average Bonchev–Trinajstić information content (AvgIpc) is 3.32. The third-order valence-electron chi connectivity index (χ3n) is 14.6. The predicted octanol–water partition coefficient (Wildman–Crippen LogP) is 20.4. The molecule has 0 saturated carbocycles. The van der Waals surface area contributed by atoms with Crippen molar-refractivity contribution in [1.82, 2.24) is 0 Å². The maximum absolute atomic E-state index is 12.9. The number of rotatable bonds is 56. The van der Waals surface area contributed by atoms with Crippen LogP contribution in [0.1, 0.15) is 349 Å². The summed E-state index contributed by atoms with van der Waals surface area (Å²) in [6.07, 6.45) is 59.5. The second-order valence-corrected chi connectivity index (χ2v) is 22.1. The van der Waals surface area contributed by atoms with Gasteiger partial charge in [0.05, 0.1) is 0 Å². The summed E-state index contributed by atoms with van der Waals surface area (Å²) in [6, 6.07) is 0. The summed E-state index contributed by atoms with van der Waals surface area (Å²) >= 11 is 0. The summed E-state index contributed by atoms with van der Waals surface area (Å²) in [7, 11) is 0. The average molecular weight is 962 g/mol. The summed E-state index contributed by atoms with van der Waals surface area (Å²) in [5, 5.41) is 0. The standard InChI is InChI=1S/C62H120O6/c1-6-8-9-10-11-12-13-14-15-16-17-18-22-27-32-37-42-47-52-60(63)66-55-59(56-67-61(64)53-48-43-38-33-29-24-25-30-35-40-45-50-57(3)4)68-62(65)54-49-44-39-34-28-23-20-19-21-26-31-36-41-46-51-58(5)7-2/h57-59H,6-56H2,1-5H3/t58?,59-/m0/s1. The molecule has 0 saturated heterocycles. The van der Waals surface area contributed by atoms with Crippen molar-refractivity contribution in [3.63, 3.8) is 0 Å². The largest absolute Gasteiger partial charge is 0.462 e. The van der Waals surface area contributed by atoms with Crippen molar-refractivity contribution < 1.29 is 28.6 Å². The van der Waals surface area contributed by atoms with Gasteiger partial charge in [-0.3, -0.25) is 14.4 Å². The van der Waals surface area contributed by atoms with E-state index in [2.05, 4.69) is 34.6 Å². The molecular formula is C62H120O6. The van der Waals surface area contributed by atoms with E-state index in [1.54, 1.807) is 0 Å². The zero-order chi connectivity index (χ0) is 49.6. The van der Waals surface area contributed by atoms with Gasteiger partial charge < -0.3 is 14.2 Å². The summed E-state index contributed by atoms with van der Waals surface area (Å²) in [6.45, 7) is 11.5. The van der Waals surface area contributed by atoms with Gasteiger partial charge in [0.2, 0.25) is 0 Å². The number of esters is 3. The first-order valence-corrected chi connectivity index (χ1v) is 30.8. The van der Waals surface area contributed by atoms with E-state index in [0.717, 1.165) is 69.6 Å². The molecule has 0 N–H and O–H groups in total. The van der Waals surface area contributed by atoms with Crippen LogP contribution >= 0.6 is 0 Å². The van der Waals surface area contributed by atoms with Crippen LogP contribution in [0.2, 0.25) is 0 Å². The summed E-state index contributed by atoms with van der Waals surface area (Å²) in [5.41, 5.74) is 0. The van der Waals surface area contributed by atoms with Crippen molar-refractivity contribution in [3.8, 4) is 0 Å². The summed E-state index contributed by atoms with van der Waals surface area (Å²) < 4.78 is 16.9. The Balaban J connectivity index is 4.29. The van der Waals surface area contributed by atoms with Crippen LogP contribution < -0.4 is 0 Å². The molecule has 0 aromatic heterocycles. The maximum Gasteiger partial charge on any atom is 0.306 e. The molecule has 68 heavy (non-hydrogen) atoms. The molecule has 0 amide bonds. The molecule has 0 spiro atoms. The van der Waals surface area contributed by atoms with E-state index < -0.39 is 6.10 Å². The van der Waals surface area contributed by atoms with Gasteiger partial charge in [-0.2, -0.15) is 0 Å². The zero-order valence-corrected chi connectivity index (χ0v) is 46.7. The fraction of sp³-hybridized carbons (Fsp3) is 0.952. The van der Waals surface area contributed by atoms with Crippen LogP contribution in [0, 0.1) is 11.8 Å². The van der Waals surface area contributed by atoms with Gasteiger partial charge >= 0.3 is 17.9 Å². The third-order valence-corrected chi connectivity index (χ3v) is 14.6. The normalized spacial score (nSPS) is 12.4. The molecule has 0 aromatic rings. The Morgan fingerprint density at radius 1 is 0.309 bits per heavy atom. The van der Waals surface area contributed by atoms with E-state index >= 15 is 0 Å². The van der Waals surface area contributed by atoms with Crippen molar-refractivity contribution >= 4 is 17.9 Å². The fourth-order valence-electron chi connectivity index (χ4n) is 9.55. The minimum atomic E-state index is -0.763. The second kappa shape index (κ2) is 54.7. The molecule has 0 bridgehead atoms. The molecule has 0 aliphatic rings. The minimum absolute atomic E-state index is 0.0623. The van der Waals surface area contributed by atoms with E-state index in [0.29, 0.717) is 19.3 Å². The highest BCUT2D eigenvalue weighted by molar-refractivity contribution is 5.71. The first kappa shape index (κ1) is 66.4. The molecule has 0 radical (unpaired) electrons. The van der Waals surface area contributed by atoms with Crippen molar-refractivity contribution in [2.45, 2.75) is 355 Å². The molecule has 1 unspecified atom stereocenters. The Morgan fingerprint density at radius 2 is 0.559 bits per heavy atom. The minimum Gasteiger partial charge on any atom is -0.462 e. The highest BCUT2D eigenvalue weighted by Crippen LogP contribution is 2.19. The Kier molecular flexibility index (Phi) is 53.5. The number of unbranched alkanes of at least 4 members (excludes halogenated alkanes) is 40. The molecule has 0 fully saturated rings. The van der Waals surface area contributed by atoms with Crippen LogP contribution in [0.4, 0.5) is 0 Å². The van der Waals surface area contributed by atoms with Crippen LogP contribution in [0.3, 0.4) is 0 Å². The Hall–Kier alpha value is -1.59. The lowest BCUT2D eigenvalue weighted by atomic mass is 9.99. The molecule has 404 valence electrons. The monoisotopic (exact) mass is 961 g/mol. The molecule has 0 heterocycles. The molecule has 2 atom stereocenters. The van der Waals surface area contributed by atoms with Crippen LogP contribution in [-0.2, 0) is 28.6 Å². The van der Waals surface area contributed by atoms with Crippen molar-refractivity contribution in [2.24, 2.45) is 11.8 Å². The van der Waals surface area contributed by atoms with Gasteiger partial charge in [-0.25, -0.2) is 0 Å². The zero-order valence-electron chi connectivity index (χ0n) is 46.7. The Labute approximate surface area is 425 Å². The van der Waals surface area contributed by atoms with Crippen molar-refractivity contribution in [3.05, 3.63) is 0 Å². The lowest BCUT2D eigenvalue weighted by Gasteiger charge is -2.18. The van der Waals surface area contributed by atoms with E-state index in [1.165, 1.54) is 238 Å². The van der Waals surface area contributed by atoms with E-state index in [-0.39, 0.29) is 31.1 Å². The number of ether oxygens (including phenoxy) is 3. The van der Waals surface area contributed by atoms with Crippen molar-refractivity contribution in [1.29, 1.82) is 0 Å². The fourth-order valence-corrected chi connectivity index (χ4v) is 9.55. The van der Waals surface area contributed by atoms with Gasteiger partial charge in [0.25, 0.3) is 0 Å². The van der Waals surface area contributed by atoms with E-state index in [1.807, 2.05) is 0 Å². The number of carbonyl (C=O) groups is 3. The van der Waals surface area contributed by atoms with Gasteiger partial charge in [-0.15, -0.1) is 0 Å². The molecule has 0 aromatic carbocycles. The Bertz CT molecular complexity index is 1040. The molecular weight excluding hydrogens is 841 g/mol. The lowest BCUT2D eigenvalue weighted by molar-refractivity contribution is -0.167. The quantitative estimate of drug-likeness (QED) is 0.0343. The smallest absolute Gasteiger partial charge is 0.306 e. The van der Waals surface area contributed by atoms with Crippen LogP contribution in [-0.4, -0.2) is 37.2 Å². The van der Waals surface area contributed by atoms with E-state index in [9.17, 15) is 14.4 Å². The number of hydrogen-bond donors (Lipinski definition) is 0. The molecule has 0 aliphatic heterocycles. The highest BCUT2D eigenvalue weighted by atomic mass is 16.6. The van der Waals surface area contributed by atoms with Gasteiger partial charge in [0.15, 0.2) is 6.10 Å². The van der Waals surface area contributed by atoms with E-state index in [4.69, 9.17) is 14.2 Å². The van der Waals surface area contributed by atoms with Crippen LogP contribution in [0.5, 0.6) is 0 Å². The molecule has 6 heteroatoms. The molecule has 0 rings (SSSR count). The summed E-state index contributed by atoms with van der Waals surface area (Å²) in [4.78, 5) is 38.2. The summed E-state index contributed by atoms with van der Waals surface area (Å²) in [5.74, 6) is 0.886. The van der Waals surface area contributed by atoms with Gasteiger partial charge in [-0.05, 0) is 31.1 Å². The lowest BCUT2D eigenvalue weighted by Crippen LogP contribution is -2.30. The topological polar surface area (TPSA) is 78.9 Å². The first-order valence-electron chi connectivity index (χ1n) is 30.8. The van der Waals surface area contributed by atoms with Crippen LogP contribution in [0.25, 0.3) is 0 Å². The van der Waals surface area contributed by atoms with Crippen molar-refractivity contribution in [2.75, 3.05) is 13.2 Å². The SMILES string of the molecule is CCCCCCCCCCCCCCCCCCCCC(=O)OC[C@@H](COC(=O)CCCCCCCCCCCCCC(C)C)OC(=O)CCCCCCCCCCCCCCCCC(C)CC. The first-order chi connectivity index (χ1) is 33.3. The number of hydrogen-bond acceptors (Lipinski definition) is 6. The molecule has 0 aliphatic carbocycles. The van der Waals surface area contributed by atoms with Gasteiger partial charge in [0, 0.05) is 19.3 Å². The predicted molar refractivity (Wildman–Crippen MR) is 293 cm³/mol. The Morgan fingerprint density at radius 3 is 0.838 bits per heavy atom. The number of carbonyl (C=O) groups excluding carboxylic acids is 3. The molecule has 6 nitrogen and oxygen atoms in total. The third kappa shape index (κ3) is 53.8.